The number of aromatic nitrogens is 2. The number of carboxylic acid groups (broad SMARTS) is 1. The fourth-order valence-corrected chi connectivity index (χ4v) is 8.09. The summed E-state index contributed by atoms with van der Waals surface area (Å²) in [5.74, 6) is 0.677. The van der Waals surface area contributed by atoms with Gasteiger partial charge in [-0.05, 0) is 68.9 Å². The van der Waals surface area contributed by atoms with Crippen molar-refractivity contribution in [3.8, 4) is 0 Å². The first-order valence-corrected chi connectivity index (χ1v) is 13.2. The molecule has 2 saturated heterocycles. The highest BCUT2D eigenvalue weighted by Gasteiger charge is 2.45. The van der Waals surface area contributed by atoms with Gasteiger partial charge in [-0.25, -0.2) is 4.79 Å². The van der Waals surface area contributed by atoms with Crippen molar-refractivity contribution in [3.63, 3.8) is 0 Å². The van der Waals surface area contributed by atoms with E-state index >= 15 is 0 Å². The molecule has 4 fully saturated rings. The molecule has 2 aromatic rings. The summed E-state index contributed by atoms with van der Waals surface area (Å²) in [6, 6.07) is 8.20. The lowest BCUT2D eigenvalue weighted by Crippen LogP contribution is -2.59. The molecule has 0 radical (unpaired) electrons. The van der Waals surface area contributed by atoms with E-state index in [1.54, 1.807) is 24.3 Å². The number of hydrogen-bond acceptors (Lipinski definition) is 4. The first-order valence-electron chi connectivity index (χ1n) is 13.2. The van der Waals surface area contributed by atoms with E-state index in [1.165, 1.54) is 54.1 Å². The summed E-state index contributed by atoms with van der Waals surface area (Å²) < 4.78 is 2.67. The molecule has 1 aromatic carbocycles. The van der Waals surface area contributed by atoms with Crippen LogP contribution in [0.4, 0.5) is 0 Å². The predicted octanol–water partition coefficient (Wildman–Crippen LogP) is 3.77. The second-order valence-electron chi connectivity index (χ2n) is 11.3. The third-order valence-electron chi connectivity index (χ3n) is 9.27. The summed E-state index contributed by atoms with van der Waals surface area (Å²) in [5.41, 5.74) is -0.344. The molecule has 4 bridgehead atoms. The van der Waals surface area contributed by atoms with Crippen LogP contribution in [0.15, 0.2) is 33.9 Å². The van der Waals surface area contributed by atoms with Gasteiger partial charge in [0.05, 0.1) is 10.9 Å². The van der Waals surface area contributed by atoms with Crippen LogP contribution in [0.1, 0.15) is 76.7 Å². The number of aliphatic carboxylic acids is 1. The lowest BCUT2D eigenvalue weighted by Gasteiger charge is -2.55. The normalized spacial score (nSPS) is 33.6. The number of carboxylic acids is 1. The van der Waals surface area contributed by atoms with E-state index in [0.29, 0.717) is 29.0 Å². The third-order valence-corrected chi connectivity index (χ3v) is 9.27. The number of carbonyl (C=O) groups is 1. The minimum atomic E-state index is -1.08. The van der Waals surface area contributed by atoms with Crippen molar-refractivity contribution >= 4 is 16.9 Å². The van der Waals surface area contributed by atoms with Gasteiger partial charge in [0.15, 0.2) is 0 Å². The van der Waals surface area contributed by atoms with Gasteiger partial charge in [-0.1, -0.05) is 37.8 Å². The Morgan fingerprint density at radius 2 is 1.47 bits per heavy atom. The largest absolute Gasteiger partial charge is 0.480 e. The standard InChI is InChI=1S/C27H35N3O4/c31-25(32)16-28-24-10-2-1-9-23(24)26(33)30(27(28)34)22-14-19-7-4-8-20(15-22)29(19)21-12-17-5-3-6-18(11-17)13-21/h1-2,9-10,17-22H,3-8,11-16H2,(H,31,32)/t17-,18+,19-,20+,21+,22+. The molecule has 0 unspecified atom stereocenters. The monoisotopic (exact) mass is 465 g/mol. The molecular formula is C27H35N3O4. The molecule has 2 saturated carbocycles. The number of para-hydroxylation sites is 1. The molecule has 2 aliphatic heterocycles. The van der Waals surface area contributed by atoms with E-state index in [2.05, 4.69) is 4.90 Å². The molecule has 2 aliphatic carbocycles. The van der Waals surface area contributed by atoms with E-state index in [0.717, 1.165) is 37.5 Å². The van der Waals surface area contributed by atoms with Crippen LogP contribution in [0.3, 0.4) is 0 Å². The van der Waals surface area contributed by atoms with Crippen molar-refractivity contribution < 1.29 is 9.90 Å². The Morgan fingerprint density at radius 1 is 0.824 bits per heavy atom. The van der Waals surface area contributed by atoms with Crippen LogP contribution in [0.2, 0.25) is 0 Å². The number of piperidine rings is 2. The molecule has 7 nitrogen and oxygen atoms in total. The molecule has 34 heavy (non-hydrogen) atoms. The van der Waals surface area contributed by atoms with E-state index in [1.807, 2.05) is 0 Å². The van der Waals surface area contributed by atoms with Crippen molar-refractivity contribution in [2.45, 2.75) is 101 Å². The molecule has 6 rings (SSSR count). The maximum atomic E-state index is 13.5. The van der Waals surface area contributed by atoms with Gasteiger partial charge in [0.2, 0.25) is 0 Å². The smallest absolute Gasteiger partial charge is 0.332 e. The van der Waals surface area contributed by atoms with E-state index in [9.17, 15) is 19.5 Å². The van der Waals surface area contributed by atoms with Gasteiger partial charge in [-0.2, -0.15) is 0 Å². The van der Waals surface area contributed by atoms with Crippen LogP contribution in [0.5, 0.6) is 0 Å². The molecule has 7 heteroatoms. The predicted molar refractivity (Wildman–Crippen MR) is 130 cm³/mol. The van der Waals surface area contributed by atoms with E-state index < -0.39 is 18.2 Å². The first kappa shape index (κ1) is 22.1. The van der Waals surface area contributed by atoms with E-state index in [4.69, 9.17) is 0 Å². The zero-order valence-electron chi connectivity index (χ0n) is 19.8. The molecule has 0 spiro atoms. The second-order valence-corrected chi connectivity index (χ2v) is 11.3. The van der Waals surface area contributed by atoms with E-state index in [-0.39, 0.29) is 11.6 Å². The molecule has 3 heterocycles. The Balaban J connectivity index is 1.35. The maximum Gasteiger partial charge on any atom is 0.332 e. The number of nitrogens with zero attached hydrogens (tertiary/aromatic N) is 3. The number of rotatable bonds is 4. The summed E-state index contributed by atoms with van der Waals surface area (Å²) in [4.78, 5) is 41.4. The fourth-order valence-electron chi connectivity index (χ4n) is 8.09. The van der Waals surface area contributed by atoms with Crippen molar-refractivity contribution in [2.75, 3.05) is 0 Å². The maximum absolute atomic E-state index is 13.5. The lowest BCUT2D eigenvalue weighted by atomic mass is 9.68. The van der Waals surface area contributed by atoms with Crippen molar-refractivity contribution in [1.82, 2.24) is 14.0 Å². The fraction of sp³-hybridized carbons (Fsp3) is 0.667. The molecular weight excluding hydrogens is 430 g/mol. The molecule has 1 aromatic heterocycles. The van der Waals surface area contributed by atoms with Crippen molar-refractivity contribution in [1.29, 1.82) is 0 Å². The second kappa shape index (κ2) is 8.67. The van der Waals surface area contributed by atoms with Gasteiger partial charge in [0.25, 0.3) is 5.56 Å². The number of fused-ring (bicyclic) bond motifs is 5. The van der Waals surface area contributed by atoms with Gasteiger partial charge in [0.1, 0.15) is 6.54 Å². The van der Waals surface area contributed by atoms with Gasteiger partial charge >= 0.3 is 11.7 Å². The van der Waals surface area contributed by atoms with Crippen LogP contribution < -0.4 is 11.2 Å². The van der Waals surface area contributed by atoms with Crippen LogP contribution in [-0.2, 0) is 11.3 Å². The quantitative estimate of drug-likeness (QED) is 0.743. The average Bonchev–Trinajstić information content (AvgIpc) is 2.81. The van der Waals surface area contributed by atoms with Crippen molar-refractivity contribution in [3.05, 3.63) is 45.1 Å². The Bertz CT molecular complexity index is 1190. The van der Waals surface area contributed by atoms with Crippen LogP contribution >= 0.6 is 0 Å². The third kappa shape index (κ3) is 3.72. The highest BCUT2D eigenvalue weighted by atomic mass is 16.4. The Kier molecular flexibility index (Phi) is 5.63. The molecule has 1 N–H and O–H groups in total. The van der Waals surface area contributed by atoms with Gasteiger partial charge < -0.3 is 5.11 Å². The summed E-state index contributed by atoms with van der Waals surface area (Å²) in [5, 5.41) is 9.87. The average molecular weight is 466 g/mol. The topological polar surface area (TPSA) is 84.5 Å². The van der Waals surface area contributed by atoms with Gasteiger partial charge in [0, 0.05) is 24.2 Å². The SMILES string of the molecule is O=C(O)Cn1c(=O)n([C@H]2C[C@H]3CCC[C@@H](C2)N3[C@H]2C[C@@H]3CCC[C@@H](C3)C2)c(=O)c2ccccc21. The Labute approximate surface area is 199 Å². The zero-order valence-corrected chi connectivity index (χ0v) is 19.8. The minimum absolute atomic E-state index is 0.167. The summed E-state index contributed by atoms with van der Waals surface area (Å²) in [6.45, 7) is -0.434. The Hall–Kier alpha value is -2.41. The number of benzene rings is 1. The van der Waals surface area contributed by atoms with Crippen LogP contribution in [-0.4, -0.2) is 43.2 Å². The molecule has 0 amide bonds. The molecule has 4 aliphatic rings. The van der Waals surface area contributed by atoms with Crippen molar-refractivity contribution in [2.24, 2.45) is 11.8 Å². The summed E-state index contributed by atoms with van der Waals surface area (Å²) >= 11 is 0. The first-order chi connectivity index (χ1) is 16.5. The highest BCUT2D eigenvalue weighted by Crippen LogP contribution is 2.47. The summed E-state index contributed by atoms with van der Waals surface area (Å²) in [6.07, 6.45) is 13.3. The van der Waals surface area contributed by atoms with Crippen LogP contribution in [0.25, 0.3) is 10.9 Å². The highest BCUT2D eigenvalue weighted by molar-refractivity contribution is 5.79. The molecule has 182 valence electrons. The number of hydrogen-bond donors (Lipinski definition) is 1. The summed E-state index contributed by atoms with van der Waals surface area (Å²) in [7, 11) is 0. The van der Waals surface area contributed by atoms with Gasteiger partial charge in [-0.3, -0.25) is 23.6 Å². The van der Waals surface area contributed by atoms with Crippen LogP contribution in [0, 0.1) is 11.8 Å². The van der Waals surface area contributed by atoms with Gasteiger partial charge in [-0.15, -0.1) is 0 Å². The Morgan fingerprint density at radius 3 is 2.15 bits per heavy atom. The molecule has 6 atom stereocenters. The zero-order chi connectivity index (χ0) is 23.4. The lowest BCUT2D eigenvalue weighted by molar-refractivity contribution is -0.137. The minimum Gasteiger partial charge on any atom is -0.480 e.